The Morgan fingerprint density at radius 2 is 2.31 bits per heavy atom. The summed E-state index contributed by atoms with van der Waals surface area (Å²) in [7, 11) is 0. The van der Waals surface area contributed by atoms with E-state index in [0.717, 1.165) is 17.9 Å². The van der Waals surface area contributed by atoms with E-state index < -0.39 is 0 Å². The Hall–Kier alpha value is -1.79. The highest BCUT2D eigenvalue weighted by Crippen LogP contribution is 2.18. The third kappa shape index (κ3) is 1.93. The fourth-order valence-corrected chi connectivity index (χ4v) is 1.65. The van der Waals surface area contributed by atoms with Crippen molar-refractivity contribution in [1.82, 2.24) is 25.2 Å². The first-order valence-corrected chi connectivity index (χ1v) is 5.10. The van der Waals surface area contributed by atoms with Crippen molar-refractivity contribution in [3.63, 3.8) is 0 Å². The van der Waals surface area contributed by atoms with Gasteiger partial charge in [0.05, 0.1) is 11.4 Å². The van der Waals surface area contributed by atoms with Crippen molar-refractivity contribution in [2.24, 2.45) is 5.84 Å². The van der Waals surface area contributed by atoms with Crippen LogP contribution in [0.3, 0.4) is 0 Å². The van der Waals surface area contributed by atoms with Gasteiger partial charge in [0, 0.05) is 18.9 Å². The molecule has 6 nitrogen and oxygen atoms in total. The Bertz CT molecular complexity index is 438. The van der Waals surface area contributed by atoms with Crippen molar-refractivity contribution < 1.29 is 0 Å². The highest BCUT2D eigenvalue weighted by atomic mass is 15.3. The second-order valence-corrected chi connectivity index (χ2v) is 3.31. The van der Waals surface area contributed by atoms with E-state index >= 15 is 0 Å². The van der Waals surface area contributed by atoms with Gasteiger partial charge in [-0.05, 0) is 19.1 Å². The molecule has 0 aliphatic carbocycles. The van der Waals surface area contributed by atoms with Crippen LogP contribution in [0.25, 0.3) is 0 Å². The maximum Gasteiger partial charge on any atom is 0.115 e. The van der Waals surface area contributed by atoms with Crippen LogP contribution in [0.15, 0.2) is 30.9 Å². The van der Waals surface area contributed by atoms with Gasteiger partial charge in [0.2, 0.25) is 0 Å². The molecule has 0 amide bonds. The number of aryl methyl sites for hydroxylation is 1. The molecule has 2 aromatic heterocycles. The lowest BCUT2D eigenvalue weighted by Gasteiger charge is -2.16. The van der Waals surface area contributed by atoms with Gasteiger partial charge >= 0.3 is 0 Å². The quantitative estimate of drug-likeness (QED) is 0.567. The van der Waals surface area contributed by atoms with Gasteiger partial charge in [0.1, 0.15) is 12.4 Å². The minimum Gasteiger partial charge on any atom is -0.270 e. The topological polar surface area (TPSA) is 81.7 Å². The first-order valence-electron chi connectivity index (χ1n) is 5.10. The Morgan fingerprint density at radius 3 is 2.94 bits per heavy atom. The summed E-state index contributed by atoms with van der Waals surface area (Å²) in [5.41, 5.74) is 4.56. The zero-order valence-electron chi connectivity index (χ0n) is 9.04. The van der Waals surface area contributed by atoms with Crippen LogP contribution < -0.4 is 11.3 Å². The van der Waals surface area contributed by atoms with E-state index in [1.807, 2.05) is 23.7 Å². The molecule has 1 unspecified atom stereocenters. The van der Waals surface area contributed by atoms with Gasteiger partial charge in [-0.25, -0.2) is 15.4 Å². The maximum atomic E-state index is 5.57. The van der Waals surface area contributed by atoms with Gasteiger partial charge in [0.15, 0.2) is 0 Å². The molecule has 2 aromatic rings. The van der Waals surface area contributed by atoms with Crippen molar-refractivity contribution in [3.05, 3.63) is 42.2 Å². The Morgan fingerprint density at radius 1 is 1.44 bits per heavy atom. The number of hydrogen-bond donors (Lipinski definition) is 2. The first-order chi connectivity index (χ1) is 7.86. The number of hydrogen-bond acceptors (Lipinski definition) is 5. The van der Waals surface area contributed by atoms with Crippen LogP contribution >= 0.6 is 0 Å². The summed E-state index contributed by atoms with van der Waals surface area (Å²) in [6.07, 6.45) is 4.95. The molecule has 0 spiro atoms. The van der Waals surface area contributed by atoms with Crippen molar-refractivity contribution in [3.8, 4) is 0 Å². The van der Waals surface area contributed by atoms with Gasteiger partial charge in [-0.15, -0.1) is 0 Å². The summed E-state index contributed by atoms with van der Waals surface area (Å²) in [4.78, 5) is 8.07. The van der Waals surface area contributed by atoms with Gasteiger partial charge in [-0.1, -0.05) is 0 Å². The van der Waals surface area contributed by atoms with Crippen LogP contribution in [0.4, 0.5) is 0 Å². The molecule has 84 valence electrons. The molecule has 0 fully saturated rings. The highest BCUT2D eigenvalue weighted by Gasteiger charge is 2.17. The Balaban J connectivity index is 2.37. The molecule has 0 saturated carbocycles. The van der Waals surface area contributed by atoms with E-state index in [1.165, 1.54) is 6.33 Å². The number of rotatable bonds is 4. The Labute approximate surface area is 93.5 Å². The predicted molar refractivity (Wildman–Crippen MR) is 59.1 cm³/mol. The number of nitrogens with two attached hydrogens (primary N) is 1. The van der Waals surface area contributed by atoms with Gasteiger partial charge in [0.25, 0.3) is 0 Å². The third-order valence-corrected chi connectivity index (χ3v) is 2.41. The zero-order valence-corrected chi connectivity index (χ0v) is 9.04. The van der Waals surface area contributed by atoms with Gasteiger partial charge < -0.3 is 0 Å². The molecule has 2 heterocycles. The molecule has 16 heavy (non-hydrogen) atoms. The van der Waals surface area contributed by atoms with Crippen LogP contribution in [0, 0.1) is 0 Å². The van der Waals surface area contributed by atoms with Gasteiger partial charge in [-0.3, -0.25) is 10.5 Å². The summed E-state index contributed by atoms with van der Waals surface area (Å²) >= 11 is 0. The van der Waals surface area contributed by atoms with E-state index in [1.54, 1.807) is 12.4 Å². The fourth-order valence-electron chi connectivity index (χ4n) is 1.65. The maximum absolute atomic E-state index is 5.57. The monoisotopic (exact) mass is 218 g/mol. The van der Waals surface area contributed by atoms with Crippen molar-refractivity contribution in [2.45, 2.75) is 19.5 Å². The zero-order chi connectivity index (χ0) is 11.4. The van der Waals surface area contributed by atoms with Crippen molar-refractivity contribution in [2.75, 3.05) is 0 Å². The van der Waals surface area contributed by atoms with E-state index in [4.69, 9.17) is 5.84 Å². The summed E-state index contributed by atoms with van der Waals surface area (Å²) in [5, 5.41) is 4.21. The van der Waals surface area contributed by atoms with E-state index in [0.29, 0.717) is 0 Å². The van der Waals surface area contributed by atoms with Crippen LogP contribution in [0.1, 0.15) is 24.4 Å². The number of hydrazine groups is 1. The lowest BCUT2D eigenvalue weighted by molar-refractivity contribution is 0.535. The summed E-state index contributed by atoms with van der Waals surface area (Å²) in [6, 6.07) is 3.60. The SMILES string of the molecule is CCn1nccc1C(NN)c1ccncn1. The Kier molecular flexibility index (Phi) is 3.23. The molecule has 0 bridgehead atoms. The standard InChI is InChI=1S/C10H14N6/c1-2-16-9(4-6-14-16)10(15-11)8-3-5-12-7-13-8/h3-7,10,15H,2,11H2,1H3. The molecule has 6 heteroatoms. The van der Waals surface area contributed by atoms with Crippen molar-refractivity contribution in [1.29, 1.82) is 0 Å². The number of nitrogens with one attached hydrogen (secondary N) is 1. The molecule has 0 saturated heterocycles. The lowest BCUT2D eigenvalue weighted by atomic mass is 10.1. The first kappa shape index (κ1) is 10.7. The molecule has 0 aromatic carbocycles. The van der Waals surface area contributed by atoms with E-state index in [9.17, 15) is 0 Å². The van der Waals surface area contributed by atoms with Crippen LogP contribution in [0.2, 0.25) is 0 Å². The molecule has 3 N–H and O–H groups in total. The molecular formula is C10H14N6. The van der Waals surface area contributed by atoms with E-state index in [-0.39, 0.29) is 6.04 Å². The average Bonchev–Trinajstić information content (AvgIpc) is 2.80. The van der Waals surface area contributed by atoms with Crippen molar-refractivity contribution >= 4 is 0 Å². The minimum absolute atomic E-state index is 0.162. The summed E-state index contributed by atoms with van der Waals surface area (Å²) in [5.74, 6) is 5.57. The largest absolute Gasteiger partial charge is 0.270 e. The molecule has 0 radical (unpaired) electrons. The number of aromatic nitrogens is 4. The lowest BCUT2D eigenvalue weighted by Crippen LogP contribution is -2.31. The second kappa shape index (κ2) is 4.82. The molecule has 0 aliphatic rings. The summed E-state index contributed by atoms with van der Waals surface area (Å²) < 4.78 is 1.88. The molecule has 1 atom stereocenters. The van der Waals surface area contributed by atoms with Crippen LogP contribution in [-0.2, 0) is 6.54 Å². The van der Waals surface area contributed by atoms with Crippen LogP contribution in [0.5, 0.6) is 0 Å². The number of nitrogens with zero attached hydrogens (tertiary/aromatic N) is 4. The highest BCUT2D eigenvalue weighted by molar-refractivity contribution is 5.19. The summed E-state index contributed by atoms with van der Waals surface area (Å²) in [6.45, 7) is 2.83. The smallest absolute Gasteiger partial charge is 0.115 e. The predicted octanol–water partition coefficient (Wildman–Crippen LogP) is 0.246. The van der Waals surface area contributed by atoms with Crippen LogP contribution in [-0.4, -0.2) is 19.7 Å². The molecular weight excluding hydrogens is 204 g/mol. The molecule has 0 aliphatic heterocycles. The second-order valence-electron chi connectivity index (χ2n) is 3.31. The molecule has 2 rings (SSSR count). The fraction of sp³-hybridized carbons (Fsp3) is 0.300. The average molecular weight is 218 g/mol. The van der Waals surface area contributed by atoms with E-state index in [2.05, 4.69) is 20.5 Å². The third-order valence-electron chi connectivity index (χ3n) is 2.41. The minimum atomic E-state index is -0.162. The normalized spacial score (nSPS) is 12.6. The van der Waals surface area contributed by atoms with Gasteiger partial charge in [-0.2, -0.15) is 5.10 Å².